The molecule has 326 valence electrons. The topological polar surface area (TPSA) is 242 Å². The molecule has 5 aliphatic carbocycles. The Hall–Kier alpha value is -4.37. The minimum absolute atomic E-state index is 0.111. The van der Waals surface area contributed by atoms with Crippen LogP contribution in [-0.2, 0) is 44.8 Å². The number of benzene rings is 1. The zero-order valence-corrected chi connectivity index (χ0v) is 36.0. The molecule has 0 saturated heterocycles. The van der Waals surface area contributed by atoms with Crippen LogP contribution in [0.15, 0.2) is 30.3 Å². The van der Waals surface area contributed by atoms with Crippen LogP contribution in [-0.4, -0.2) is 103 Å². The number of hydrogen-bond acceptors (Lipinski definition) is 11. The summed E-state index contributed by atoms with van der Waals surface area (Å²) in [7, 11) is 3.06. The number of ether oxygens (including phenoxy) is 2. The molecule has 5 saturated carbocycles. The molecule has 5 N–H and O–H groups in total. The van der Waals surface area contributed by atoms with Gasteiger partial charge >= 0.3 is 30.0 Å². The molecule has 0 spiro atoms. The van der Waals surface area contributed by atoms with Gasteiger partial charge in [-0.3, -0.25) is 9.59 Å². The molecule has 0 heterocycles. The van der Waals surface area contributed by atoms with E-state index in [4.69, 9.17) is 24.8 Å². The van der Waals surface area contributed by atoms with E-state index in [0.717, 1.165) is 69.8 Å². The molecule has 1 aromatic rings. The highest BCUT2D eigenvalue weighted by molar-refractivity contribution is 6.35. The van der Waals surface area contributed by atoms with Gasteiger partial charge in [0.1, 0.15) is 12.4 Å². The fraction of sp³-hybridized carbons (Fsp3) is 0.698. The summed E-state index contributed by atoms with van der Waals surface area (Å²) in [5, 5.41) is 45.5. The number of carboxylic acids is 3. The van der Waals surface area contributed by atoms with Gasteiger partial charge in [0.05, 0.1) is 0 Å². The molecule has 15 heteroatoms. The van der Waals surface area contributed by atoms with Gasteiger partial charge in [-0.15, -0.1) is 0 Å². The first kappa shape index (κ1) is 49.8. The standard InChI is InChI=1S/C14H18O3.C10H17NO4.C7H12O3.C6H8O3.C6H10O/c1-13(8-9-13)14(2,16)12(15)17-10-11-6-4-3-5-7-11;1-9(5-6-9)10(2,7(12)13)15-8(14)11(3)4;1-6(3-4-6)7(2,10)5(8)9;1-6(2-3-6)4(7)5(8)9;1-5(7)6(2)3-4-6/h3-7,16H,8-10H2,1-2H3;5-6H2,1-4H3,(H,12,13);10H,3-4H2,1-2H3,(H,8,9);2-3H2,1H3,(H,8,9);3-4H2,1-2H3/t;10-;;;/m.0.../s1. The van der Waals surface area contributed by atoms with Gasteiger partial charge in [0.2, 0.25) is 11.4 Å². The van der Waals surface area contributed by atoms with E-state index < -0.39 is 63.4 Å². The third-order valence-corrected chi connectivity index (χ3v) is 13.2. The normalized spacial score (nSPS) is 22.4. The van der Waals surface area contributed by atoms with Crippen LogP contribution >= 0.6 is 0 Å². The predicted octanol–water partition coefficient (Wildman–Crippen LogP) is 6.05. The molecule has 0 radical (unpaired) electrons. The quantitative estimate of drug-likeness (QED) is 0.119. The molecule has 0 bridgehead atoms. The van der Waals surface area contributed by atoms with Gasteiger partial charge in [-0.05, 0) is 97.5 Å². The number of carboxylic acid groups (broad SMARTS) is 3. The molecule has 5 fully saturated rings. The van der Waals surface area contributed by atoms with E-state index in [2.05, 4.69) is 0 Å². The third kappa shape index (κ3) is 12.3. The van der Waals surface area contributed by atoms with Gasteiger partial charge in [0, 0.05) is 41.2 Å². The lowest BCUT2D eigenvalue weighted by Gasteiger charge is -2.32. The molecular formula is C43H65NO14. The highest BCUT2D eigenvalue weighted by Gasteiger charge is 2.61. The number of carbonyl (C=O) groups excluding carboxylic acids is 4. The van der Waals surface area contributed by atoms with E-state index in [1.807, 2.05) is 51.1 Å². The van der Waals surface area contributed by atoms with Gasteiger partial charge < -0.3 is 39.9 Å². The largest absolute Gasteiger partial charge is 0.479 e. The SMILES string of the molecule is CC(=O)C1(C)CC1.CC1(C(=O)C(=O)O)CC1.CC1(C(C)(O)C(=O)O)CC1.CC1(C(C)(O)C(=O)OCc2ccccc2)CC1.CN(C)C(=O)O[C@@](C)(C(=O)O)C1(C)CC1. The van der Waals surface area contributed by atoms with Gasteiger partial charge in [-0.25, -0.2) is 24.0 Å². The maximum atomic E-state index is 11.9. The summed E-state index contributed by atoms with van der Waals surface area (Å²) in [6.07, 6.45) is 8.00. The predicted molar refractivity (Wildman–Crippen MR) is 211 cm³/mol. The van der Waals surface area contributed by atoms with Crippen molar-refractivity contribution in [2.75, 3.05) is 14.1 Å². The molecule has 3 atom stereocenters. The van der Waals surface area contributed by atoms with Crippen LogP contribution in [0.25, 0.3) is 0 Å². The molecule has 15 nitrogen and oxygen atoms in total. The van der Waals surface area contributed by atoms with Crippen LogP contribution in [0, 0.1) is 27.1 Å². The van der Waals surface area contributed by atoms with Crippen molar-refractivity contribution < 1.29 is 68.6 Å². The average Bonchev–Trinajstić information content (AvgIpc) is 3.87. The van der Waals surface area contributed by atoms with Crippen molar-refractivity contribution in [2.24, 2.45) is 27.1 Å². The number of aliphatic hydroxyl groups is 2. The maximum absolute atomic E-state index is 11.9. The minimum atomic E-state index is -1.53. The summed E-state index contributed by atoms with van der Waals surface area (Å²) in [6, 6.07) is 9.47. The van der Waals surface area contributed by atoms with Crippen molar-refractivity contribution in [2.45, 2.75) is 150 Å². The molecule has 58 heavy (non-hydrogen) atoms. The van der Waals surface area contributed by atoms with Gasteiger partial charge in [-0.2, -0.15) is 0 Å². The van der Waals surface area contributed by atoms with Crippen LogP contribution in [0.5, 0.6) is 0 Å². The first-order chi connectivity index (χ1) is 26.3. The van der Waals surface area contributed by atoms with E-state index >= 15 is 0 Å². The van der Waals surface area contributed by atoms with Crippen LogP contribution in [0.4, 0.5) is 4.79 Å². The van der Waals surface area contributed by atoms with Crippen LogP contribution < -0.4 is 0 Å². The van der Waals surface area contributed by atoms with Crippen LogP contribution in [0.3, 0.4) is 0 Å². The number of aliphatic carboxylic acids is 3. The number of rotatable bonds is 12. The number of ketones is 2. The molecule has 6 rings (SSSR count). The summed E-state index contributed by atoms with van der Waals surface area (Å²) in [6.45, 7) is 15.5. The highest BCUT2D eigenvalue weighted by atomic mass is 16.6. The van der Waals surface area contributed by atoms with Gasteiger partial charge in [0.25, 0.3) is 0 Å². The Bertz CT molecular complexity index is 1690. The number of amides is 1. The molecule has 2 unspecified atom stereocenters. The van der Waals surface area contributed by atoms with E-state index in [1.54, 1.807) is 27.7 Å². The van der Waals surface area contributed by atoms with Crippen molar-refractivity contribution in [1.29, 1.82) is 0 Å². The Labute approximate surface area is 341 Å². The van der Waals surface area contributed by atoms with E-state index in [1.165, 1.54) is 32.8 Å². The van der Waals surface area contributed by atoms with Crippen LogP contribution in [0.1, 0.15) is 132 Å². The third-order valence-electron chi connectivity index (χ3n) is 13.2. The summed E-state index contributed by atoms with van der Waals surface area (Å²) < 4.78 is 10.2. The van der Waals surface area contributed by atoms with Crippen molar-refractivity contribution in [3.05, 3.63) is 35.9 Å². The maximum Gasteiger partial charge on any atom is 0.410 e. The first-order valence-electron chi connectivity index (χ1n) is 19.6. The molecule has 0 aliphatic heterocycles. The molecule has 1 amide bonds. The molecule has 1 aromatic carbocycles. The lowest BCUT2D eigenvalue weighted by molar-refractivity contribution is -0.172. The van der Waals surface area contributed by atoms with Gasteiger partial charge in [-0.1, -0.05) is 65.0 Å². The second-order valence-corrected chi connectivity index (χ2v) is 18.6. The highest BCUT2D eigenvalue weighted by Crippen LogP contribution is 2.56. The molecule has 5 aliphatic rings. The second-order valence-electron chi connectivity index (χ2n) is 18.6. The van der Waals surface area contributed by atoms with Gasteiger partial charge in [0.15, 0.2) is 11.2 Å². The smallest absolute Gasteiger partial charge is 0.410 e. The number of nitrogens with zero attached hydrogens (tertiary/aromatic N) is 1. The Balaban J connectivity index is 0.000000259. The number of hydrogen-bond donors (Lipinski definition) is 5. The summed E-state index contributed by atoms with van der Waals surface area (Å²) in [5.41, 5.74) is -4.91. The van der Waals surface area contributed by atoms with Crippen molar-refractivity contribution in [3.63, 3.8) is 0 Å². The minimum Gasteiger partial charge on any atom is -0.479 e. The molecular weight excluding hydrogens is 754 g/mol. The van der Waals surface area contributed by atoms with E-state index in [9.17, 15) is 43.8 Å². The average molecular weight is 820 g/mol. The number of Topliss-reactive ketones (excluding diaryl/α,β-unsaturated/α-hetero) is 2. The lowest BCUT2D eigenvalue weighted by Crippen LogP contribution is -2.49. The van der Waals surface area contributed by atoms with Crippen molar-refractivity contribution >= 4 is 41.5 Å². The van der Waals surface area contributed by atoms with Crippen molar-refractivity contribution in [1.82, 2.24) is 4.90 Å². The van der Waals surface area contributed by atoms with E-state index in [0.29, 0.717) is 5.78 Å². The summed E-state index contributed by atoms with van der Waals surface area (Å²) in [4.78, 5) is 77.3. The van der Waals surface area contributed by atoms with E-state index in [-0.39, 0.29) is 22.9 Å². The molecule has 0 aromatic heterocycles. The Morgan fingerprint density at radius 1 is 0.638 bits per heavy atom. The monoisotopic (exact) mass is 819 g/mol. The van der Waals surface area contributed by atoms with Crippen molar-refractivity contribution in [3.8, 4) is 0 Å². The Kier molecular flexibility index (Phi) is 15.3. The number of carbonyl (C=O) groups is 7. The first-order valence-corrected chi connectivity index (χ1v) is 19.6. The Morgan fingerprint density at radius 3 is 1.31 bits per heavy atom. The second kappa shape index (κ2) is 17.9. The zero-order valence-electron chi connectivity index (χ0n) is 36.0. The fourth-order valence-electron chi connectivity index (χ4n) is 5.28. The lowest BCUT2D eigenvalue weighted by atomic mass is 9.87. The van der Waals surface area contributed by atoms with Crippen LogP contribution in [0.2, 0.25) is 0 Å². The summed E-state index contributed by atoms with van der Waals surface area (Å²) in [5.74, 6) is -4.31. The zero-order chi connectivity index (χ0) is 44.9. The number of esters is 1. The summed E-state index contributed by atoms with van der Waals surface area (Å²) >= 11 is 0. The Morgan fingerprint density at radius 2 is 1.05 bits per heavy atom. The fourth-order valence-corrected chi connectivity index (χ4v) is 5.28.